The molecule has 1 aliphatic rings. The number of para-hydroxylation sites is 2. The van der Waals surface area contributed by atoms with Crippen molar-refractivity contribution in [1.82, 2.24) is 10.2 Å². The number of terminal acetylenes is 1. The summed E-state index contributed by atoms with van der Waals surface area (Å²) in [5, 5.41) is 16.2. The van der Waals surface area contributed by atoms with Crippen molar-refractivity contribution in [2.45, 2.75) is 6.92 Å². The van der Waals surface area contributed by atoms with Crippen LogP contribution >= 0.6 is 24.0 Å². The number of benzene rings is 2. The van der Waals surface area contributed by atoms with Crippen molar-refractivity contribution in [3.05, 3.63) is 54.1 Å². The van der Waals surface area contributed by atoms with Crippen LogP contribution in [0.25, 0.3) is 0 Å². The maximum Gasteiger partial charge on any atom is 0.246 e. The van der Waals surface area contributed by atoms with E-state index in [1.165, 1.54) is 0 Å². The predicted molar refractivity (Wildman–Crippen MR) is 136 cm³/mol. The molecular weight excluding hydrogens is 505 g/mol. The van der Waals surface area contributed by atoms with Crippen molar-refractivity contribution in [1.29, 1.82) is 0 Å². The number of anilines is 2. The molecule has 2 aromatic carbocycles. The normalized spacial score (nSPS) is 13.7. The first kappa shape index (κ1) is 24.3. The Morgan fingerprint density at radius 2 is 1.90 bits per heavy atom. The Kier molecular flexibility index (Phi) is 9.46. The number of guanidine groups is 1. The van der Waals surface area contributed by atoms with Gasteiger partial charge in [0.2, 0.25) is 5.91 Å². The van der Waals surface area contributed by atoms with Crippen LogP contribution < -0.4 is 15.5 Å². The molecule has 2 aromatic rings. The number of aliphatic imine (C=N–C) groups is 1. The number of aromatic hydroxyl groups is 1. The highest BCUT2D eigenvalue weighted by Gasteiger charge is 2.21. The van der Waals surface area contributed by atoms with E-state index in [0.717, 1.165) is 31.9 Å². The van der Waals surface area contributed by atoms with Gasteiger partial charge in [0.05, 0.1) is 5.69 Å². The number of hydrogen-bond acceptors (Lipinski definition) is 4. The molecule has 0 spiro atoms. The van der Waals surface area contributed by atoms with Crippen LogP contribution in [-0.4, -0.2) is 61.1 Å². The quantitative estimate of drug-likeness (QED) is 0.239. The monoisotopic (exact) mass is 533 g/mol. The first-order valence-electron chi connectivity index (χ1n) is 10.0. The van der Waals surface area contributed by atoms with Crippen molar-refractivity contribution < 1.29 is 9.90 Å². The molecule has 0 unspecified atom stereocenters. The molecule has 0 atom stereocenters. The molecule has 0 aromatic heterocycles. The molecule has 1 saturated heterocycles. The molecule has 0 saturated carbocycles. The summed E-state index contributed by atoms with van der Waals surface area (Å²) < 4.78 is 0. The highest BCUT2D eigenvalue weighted by Crippen LogP contribution is 2.27. The van der Waals surface area contributed by atoms with Crippen LogP contribution in [0.5, 0.6) is 5.75 Å². The van der Waals surface area contributed by atoms with Gasteiger partial charge in [-0.3, -0.25) is 4.79 Å². The first-order valence-corrected chi connectivity index (χ1v) is 10.0. The number of hydrogen-bond donors (Lipinski definition) is 3. The minimum absolute atomic E-state index is 0. The summed E-state index contributed by atoms with van der Waals surface area (Å²) in [6.07, 6.45) is 5.40. The highest BCUT2D eigenvalue weighted by atomic mass is 127. The number of carbonyl (C=O) groups is 1. The number of phenolic OH excluding ortho intramolecular Hbond substituents is 1. The van der Waals surface area contributed by atoms with Gasteiger partial charge in [0.15, 0.2) is 5.96 Å². The van der Waals surface area contributed by atoms with Crippen molar-refractivity contribution >= 4 is 47.2 Å². The summed E-state index contributed by atoms with van der Waals surface area (Å²) in [6, 6.07) is 14.5. The van der Waals surface area contributed by atoms with Gasteiger partial charge in [-0.25, -0.2) is 4.99 Å². The average Bonchev–Trinajstić information content (AvgIpc) is 2.77. The molecule has 3 N–H and O–H groups in total. The first-order chi connectivity index (χ1) is 14.6. The lowest BCUT2D eigenvalue weighted by Gasteiger charge is -2.37. The summed E-state index contributed by atoms with van der Waals surface area (Å²) in [4.78, 5) is 21.1. The number of amides is 1. The lowest BCUT2D eigenvalue weighted by atomic mass is 10.2. The number of carbonyl (C=O) groups excluding carboxylic acids is 1. The summed E-state index contributed by atoms with van der Waals surface area (Å²) in [5.74, 6) is 3.35. The number of nitrogens with zero attached hydrogens (tertiary/aromatic N) is 3. The van der Waals surface area contributed by atoms with Crippen molar-refractivity contribution in [3.63, 3.8) is 0 Å². The zero-order valence-corrected chi connectivity index (χ0v) is 19.9. The van der Waals surface area contributed by atoms with Crippen LogP contribution in [0.15, 0.2) is 53.5 Å². The number of rotatable bonds is 5. The Bertz CT molecular complexity index is 949. The van der Waals surface area contributed by atoms with E-state index < -0.39 is 0 Å². The van der Waals surface area contributed by atoms with E-state index in [2.05, 4.69) is 31.3 Å². The van der Waals surface area contributed by atoms with Crippen molar-refractivity contribution in [2.24, 2.45) is 4.99 Å². The van der Waals surface area contributed by atoms with E-state index >= 15 is 0 Å². The van der Waals surface area contributed by atoms with Gasteiger partial charge >= 0.3 is 0 Å². The maximum absolute atomic E-state index is 12.3. The van der Waals surface area contributed by atoms with E-state index in [4.69, 9.17) is 6.42 Å². The summed E-state index contributed by atoms with van der Waals surface area (Å²) in [7, 11) is 0. The lowest BCUT2D eigenvalue weighted by Crippen LogP contribution is -2.52. The zero-order valence-electron chi connectivity index (χ0n) is 17.5. The lowest BCUT2D eigenvalue weighted by molar-refractivity contribution is -0.114. The molecule has 0 radical (unpaired) electrons. The van der Waals surface area contributed by atoms with Gasteiger partial charge < -0.3 is 25.5 Å². The molecule has 1 aliphatic heterocycles. The van der Waals surface area contributed by atoms with Gasteiger partial charge in [0.25, 0.3) is 0 Å². The minimum atomic E-state index is -0.201. The van der Waals surface area contributed by atoms with Gasteiger partial charge in [0.1, 0.15) is 12.3 Å². The molecule has 0 bridgehead atoms. The molecule has 164 valence electrons. The second-order valence-corrected chi connectivity index (χ2v) is 6.91. The minimum Gasteiger partial charge on any atom is -0.506 e. The standard InChI is InChI=1S/C23H27N5O2.HI/c1-3-18-8-7-9-19(16-18)26-22(30)17-25-23(24-4-2)28-14-12-27(13-15-28)20-10-5-6-11-21(20)29;/h1,5-11,16,29H,4,12-15,17H2,2H3,(H,24,25)(H,26,30);1H. The van der Waals surface area contributed by atoms with E-state index in [1.54, 1.807) is 18.2 Å². The third-order valence-corrected chi connectivity index (χ3v) is 4.82. The molecule has 0 aliphatic carbocycles. The molecular formula is C23H28IN5O2. The fourth-order valence-corrected chi connectivity index (χ4v) is 3.35. The molecule has 1 amide bonds. The number of phenols is 1. The number of nitrogens with one attached hydrogen (secondary N) is 2. The molecule has 8 heteroatoms. The predicted octanol–water partition coefficient (Wildman–Crippen LogP) is 2.72. The Hall–Kier alpha value is -2.93. The van der Waals surface area contributed by atoms with Crippen LogP contribution in [-0.2, 0) is 4.79 Å². The third-order valence-electron chi connectivity index (χ3n) is 4.82. The van der Waals surface area contributed by atoms with Crippen LogP contribution in [0.3, 0.4) is 0 Å². The smallest absolute Gasteiger partial charge is 0.246 e. The van der Waals surface area contributed by atoms with Gasteiger partial charge in [-0.2, -0.15) is 0 Å². The van der Waals surface area contributed by atoms with Crippen molar-refractivity contribution in [3.8, 4) is 18.1 Å². The zero-order chi connectivity index (χ0) is 21.3. The summed E-state index contributed by atoms with van der Waals surface area (Å²) >= 11 is 0. The fourth-order valence-electron chi connectivity index (χ4n) is 3.35. The van der Waals surface area contributed by atoms with Gasteiger partial charge in [-0.1, -0.05) is 24.1 Å². The van der Waals surface area contributed by atoms with Crippen molar-refractivity contribution in [2.75, 3.05) is 49.5 Å². The van der Waals surface area contributed by atoms with E-state index in [1.807, 2.05) is 37.3 Å². The number of halogens is 1. The molecule has 1 heterocycles. The Balaban J connectivity index is 0.00000341. The molecule has 7 nitrogen and oxygen atoms in total. The topological polar surface area (TPSA) is 80.2 Å². The van der Waals surface area contributed by atoms with E-state index in [9.17, 15) is 9.90 Å². The second kappa shape index (κ2) is 12.1. The van der Waals surface area contributed by atoms with E-state index in [-0.39, 0.29) is 42.2 Å². The Morgan fingerprint density at radius 1 is 1.16 bits per heavy atom. The SMILES string of the molecule is C#Cc1cccc(NC(=O)CN=C(NCC)N2CCN(c3ccccc3O)CC2)c1.I. The molecule has 31 heavy (non-hydrogen) atoms. The van der Waals surface area contributed by atoms with Gasteiger partial charge in [0, 0.05) is 44.0 Å². The average molecular weight is 533 g/mol. The van der Waals surface area contributed by atoms with E-state index in [0.29, 0.717) is 23.8 Å². The Labute approximate surface area is 200 Å². The van der Waals surface area contributed by atoms with Crippen LogP contribution in [0.1, 0.15) is 12.5 Å². The van der Waals surface area contributed by atoms with Crippen LogP contribution in [0.2, 0.25) is 0 Å². The second-order valence-electron chi connectivity index (χ2n) is 6.91. The maximum atomic E-state index is 12.3. The highest BCUT2D eigenvalue weighted by molar-refractivity contribution is 14.0. The molecule has 1 fully saturated rings. The van der Waals surface area contributed by atoms with Gasteiger partial charge in [-0.15, -0.1) is 30.4 Å². The Morgan fingerprint density at radius 3 is 2.58 bits per heavy atom. The van der Waals surface area contributed by atoms with Gasteiger partial charge in [-0.05, 0) is 37.3 Å². The van der Waals surface area contributed by atoms with Crippen LogP contribution in [0.4, 0.5) is 11.4 Å². The molecule has 3 rings (SSSR count). The fraction of sp³-hybridized carbons (Fsp3) is 0.304. The van der Waals surface area contributed by atoms with Crippen LogP contribution in [0, 0.1) is 12.3 Å². The largest absolute Gasteiger partial charge is 0.506 e. The summed E-state index contributed by atoms with van der Waals surface area (Å²) in [5.41, 5.74) is 2.21. The number of piperazine rings is 1. The third kappa shape index (κ3) is 6.79. The summed E-state index contributed by atoms with van der Waals surface area (Å²) in [6.45, 7) is 5.73.